The maximum atomic E-state index is 15.9. The predicted molar refractivity (Wildman–Crippen MR) is 179 cm³/mol. The van der Waals surface area contributed by atoms with Crippen LogP contribution in [0.1, 0.15) is 22.3 Å². The number of benzene rings is 5. The Balaban J connectivity index is 1.54. The molecule has 1 saturated carbocycles. The number of imide groups is 1. The summed E-state index contributed by atoms with van der Waals surface area (Å²) in [6.45, 7) is 0. The molecular formula is C39H25ClN2O5. The first-order chi connectivity index (χ1) is 22.8. The molecule has 0 N–H and O–H groups in total. The third-order valence-corrected chi connectivity index (χ3v) is 10.3. The first-order valence-electron chi connectivity index (χ1n) is 15.2. The number of rotatable bonds is 6. The van der Waals surface area contributed by atoms with Crippen molar-refractivity contribution in [2.75, 3.05) is 4.90 Å². The predicted octanol–water partition coefficient (Wildman–Crippen LogP) is 7.44. The quantitative estimate of drug-likeness (QED) is 0.110. The zero-order chi connectivity index (χ0) is 32.5. The van der Waals surface area contributed by atoms with E-state index in [0.29, 0.717) is 22.3 Å². The Bertz CT molecular complexity index is 2030. The molecule has 7 nitrogen and oxygen atoms in total. The van der Waals surface area contributed by atoms with E-state index in [1.807, 2.05) is 121 Å². The molecular weight excluding hydrogens is 612 g/mol. The van der Waals surface area contributed by atoms with E-state index in [-0.39, 0.29) is 22.2 Å². The van der Waals surface area contributed by atoms with Gasteiger partial charge in [-0.05, 0) is 39.5 Å². The molecule has 2 fully saturated rings. The third-order valence-electron chi connectivity index (χ3n) is 9.96. The summed E-state index contributed by atoms with van der Waals surface area (Å²) in [7, 11) is 0. The van der Waals surface area contributed by atoms with Gasteiger partial charge in [0.05, 0.1) is 38.3 Å². The second kappa shape index (κ2) is 10.4. The highest BCUT2D eigenvalue weighted by atomic mass is 35.5. The molecule has 5 aromatic rings. The van der Waals surface area contributed by atoms with E-state index in [1.165, 1.54) is 12.1 Å². The topological polar surface area (TPSA) is 97.6 Å². The summed E-state index contributed by atoms with van der Waals surface area (Å²) in [5.74, 6) is -3.83. The standard InChI is InChI=1S/C39H25ClN2O5/c40-29-22-21-28(42(46)47)23-30(29)41-35(43)33-34(36(41)44)39(27-19-11-4-12-20-27)32(25-15-7-2-8-16-25)31(24-13-5-1-6-14-24)38(33,37(39)45)26-17-9-3-10-18-26/h1-23,33-34H/t33-,34+,38-,39-/m1/s1. The molecule has 0 aromatic heterocycles. The zero-order valence-corrected chi connectivity index (χ0v) is 25.5. The molecule has 0 radical (unpaired) electrons. The fourth-order valence-corrected chi connectivity index (χ4v) is 8.56. The van der Waals surface area contributed by atoms with Crippen molar-refractivity contribution in [1.29, 1.82) is 0 Å². The number of nitrogens with zero attached hydrogens (tertiary/aromatic N) is 2. The minimum absolute atomic E-state index is 0.0120. The molecule has 2 aliphatic carbocycles. The molecule has 8 heteroatoms. The van der Waals surface area contributed by atoms with Gasteiger partial charge in [0.1, 0.15) is 0 Å². The number of nitro groups is 1. The van der Waals surface area contributed by atoms with Crippen molar-refractivity contribution in [3.8, 4) is 0 Å². The summed E-state index contributed by atoms with van der Waals surface area (Å²) in [6.07, 6.45) is 0. The molecule has 228 valence electrons. The Labute approximate surface area is 274 Å². The molecule has 47 heavy (non-hydrogen) atoms. The van der Waals surface area contributed by atoms with Crippen LogP contribution in [0.15, 0.2) is 140 Å². The summed E-state index contributed by atoms with van der Waals surface area (Å²) >= 11 is 6.59. The van der Waals surface area contributed by atoms with Gasteiger partial charge in [-0.3, -0.25) is 24.5 Å². The van der Waals surface area contributed by atoms with E-state index in [2.05, 4.69) is 0 Å². The van der Waals surface area contributed by atoms with Crippen molar-refractivity contribution >= 4 is 51.7 Å². The number of non-ortho nitro benzene ring substituents is 1. The van der Waals surface area contributed by atoms with Gasteiger partial charge in [0, 0.05) is 12.1 Å². The van der Waals surface area contributed by atoms with Crippen molar-refractivity contribution < 1.29 is 19.3 Å². The van der Waals surface area contributed by atoms with Crippen LogP contribution in [0.2, 0.25) is 5.02 Å². The van der Waals surface area contributed by atoms with E-state index >= 15 is 14.4 Å². The first kappa shape index (κ1) is 28.8. The van der Waals surface area contributed by atoms with Crippen molar-refractivity contribution in [3.05, 3.63) is 177 Å². The summed E-state index contributed by atoms with van der Waals surface area (Å²) in [6, 6.07) is 41.1. The van der Waals surface area contributed by atoms with E-state index in [9.17, 15) is 10.1 Å². The van der Waals surface area contributed by atoms with Gasteiger partial charge in [-0.1, -0.05) is 133 Å². The highest BCUT2D eigenvalue weighted by Crippen LogP contribution is 2.74. The number of anilines is 1. The zero-order valence-electron chi connectivity index (χ0n) is 24.7. The van der Waals surface area contributed by atoms with Crippen LogP contribution in [0.25, 0.3) is 11.1 Å². The van der Waals surface area contributed by atoms with E-state index in [0.717, 1.165) is 22.1 Å². The van der Waals surface area contributed by atoms with E-state index < -0.39 is 39.4 Å². The van der Waals surface area contributed by atoms with Gasteiger partial charge in [0.15, 0.2) is 5.78 Å². The summed E-state index contributed by atoms with van der Waals surface area (Å²) in [5, 5.41) is 11.8. The van der Waals surface area contributed by atoms with E-state index in [4.69, 9.17) is 11.6 Å². The maximum Gasteiger partial charge on any atom is 0.271 e. The second-order valence-corrected chi connectivity index (χ2v) is 12.4. The molecule has 0 spiro atoms. The highest BCUT2D eigenvalue weighted by molar-refractivity contribution is 6.41. The minimum atomic E-state index is -1.58. The molecule has 1 saturated heterocycles. The number of carbonyl (C=O) groups is 3. The fraction of sp³-hybridized carbons (Fsp3) is 0.103. The number of nitro benzene ring substituents is 1. The van der Waals surface area contributed by atoms with Crippen LogP contribution in [-0.4, -0.2) is 22.5 Å². The van der Waals surface area contributed by atoms with Gasteiger partial charge in [0.2, 0.25) is 11.8 Å². The largest absolute Gasteiger partial charge is 0.297 e. The average molecular weight is 637 g/mol. The number of hydrogen-bond acceptors (Lipinski definition) is 5. The van der Waals surface area contributed by atoms with Crippen molar-refractivity contribution in [1.82, 2.24) is 0 Å². The number of halogens is 1. The van der Waals surface area contributed by atoms with Gasteiger partial charge in [-0.15, -0.1) is 0 Å². The number of carbonyl (C=O) groups excluding carboxylic acids is 3. The number of fused-ring (bicyclic) bond motifs is 5. The Hall–Kier alpha value is -5.66. The number of amides is 2. The fourth-order valence-electron chi connectivity index (χ4n) is 8.36. The molecule has 1 aliphatic heterocycles. The minimum Gasteiger partial charge on any atom is -0.297 e. The lowest BCUT2D eigenvalue weighted by Gasteiger charge is -2.39. The third kappa shape index (κ3) is 3.66. The molecule has 8 rings (SSSR count). The van der Waals surface area contributed by atoms with Gasteiger partial charge in [0.25, 0.3) is 5.69 Å². The van der Waals surface area contributed by atoms with Crippen LogP contribution in [0.3, 0.4) is 0 Å². The molecule has 3 aliphatic rings. The summed E-state index contributed by atoms with van der Waals surface area (Å²) in [4.78, 5) is 58.1. The van der Waals surface area contributed by atoms with Crippen molar-refractivity contribution in [3.63, 3.8) is 0 Å². The van der Waals surface area contributed by atoms with Gasteiger partial charge >= 0.3 is 0 Å². The molecule has 5 aromatic carbocycles. The molecule has 2 amide bonds. The second-order valence-electron chi connectivity index (χ2n) is 12.0. The summed E-state index contributed by atoms with van der Waals surface area (Å²) < 4.78 is 0. The monoisotopic (exact) mass is 636 g/mol. The van der Waals surface area contributed by atoms with E-state index in [1.54, 1.807) is 0 Å². The Morgan fingerprint density at radius 2 is 1.00 bits per heavy atom. The molecule has 1 heterocycles. The van der Waals surface area contributed by atoms with Gasteiger partial charge in [-0.25, -0.2) is 4.90 Å². The van der Waals surface area contributed by atoms with Crippen LogP contribution < -0.4 is 4.90 Å². The summed E-state index contributed by atoms with van der Waals surface area (Å²) in [5.41, 5.74) is 0.477. The lowest BCUT2D eigenvalue weighted by molar-refractivity contribution is -0.384. The average Bonchev–Trinajstić information content (AvgIpc) is 3.62. The van der Waals surface area contributed by atoms with Gasteiger partial charge < -0.3 is 0 Å². The van der Waals surface area contributed by atoms with Crippen LogP contribution in [0.4, 0.5) is 11.4 Å². The van der Waals surface area contributed by atoms with Gasteiger partial charge in [-0.2, -0.15) is 0 Å². The smallest absolute Gasteiger partial charge is 0.271 e. The SMILES string of the molecule is O=C1[C@@H]2[C@H](C(=O)N1c1cc([N+](=O)[O-])ccc1Cl)[C@]1(c3ccccc3)C(=O)[C@]2(c2ccccc2)C(c2ccccc2)=C1c1ccccc1. The number of allylic oxidation sites excluding steroid dienone is 2. The Morgan fingerprint density at radius 3 is 1.40 bits per heavy atom. The highest BCUT2D eigenvalue weighted by Gasteiger charge is 2.82. The Morgan fingerprint density at radius 1 is 0.596 bits per heavy atom. The molecule has 4 atom stereocenters. The van der Waals surface area contributed by atoms with Crippen molar-refractivity contribution in [2.24, 2.45) is 11.8 Å². The first-order valence-corrected chi connectivity index (χ1v) is 15.6. The van der Waals surface area contributed by atoms with Crippen LogP contribution >= 0.6 is 11.6 Å². The number of hydrogen-bond donors (Lipinski definition) is 0. The number of ketones is 1. The van der Waals surface area contributed by atoms with Crippen molar-refractivity contribution in [2.45, 2.75) is 10.8 Å². The van der Waals surface area contributed by atoms with Crippen LogP contribution in [0, 0.1) is 22.0 Å². The van der Waals surface area contributed by atoms with Crippen LogP contribution in [-0.2, 0) is 25.2 Å². The lowest BCUT2D eigenvalue weighted by atomic mass is 9.59. The molecule has 0 unspecified atom stereocenters. The Kier molecular flexibility index (Phi) is 6.39. The number of Topliss-reactive ketones (excluding diaryl/α,β-unsaturated/α-hetero) is 1. The maximum absolute atomic E-state index is 15.9. The lowest BCUT2D eigenvalue weighted by Crippen LogP contribution is -2.45. The van der Waals surface area contributed by atoms with Crippen LogP contribution in [0.5, 0.6) is 0 Å². The molecule has 2 bridgehead atoms. The normalized spacial score (nSPS) is 24.6.